The van der Waals surface area contributed by atoms with Gasteiger partial charge in [-0.3, -0.25) is 0 Å². The molecule has 0 amide bonds. The first-order valence-electron chi connectivity index (χ1n) is 3.90. The van der Waals surface area contributed by atoms with Crippen LogP contribution < -0.4 is 0 Å². The van der Waals surface area contributed by atoms with Crippen molar-refractivity contribution in [3.8, 4) is 0 Å². The van der Waals surface area contributed by atoms with Crippen molar-refractivity contribution in [2.75, 3.05) is 0 Å². The molecule has 2 atom stereocenters. The van der Waals surface area contributed by atoms with Gasteiger partial charge in [-0.15, -0.1) is 0 Å². The van der Waals surface area contributed by atoms with Gasteiger partial charge in [0.05, 0.1) is 0 Å². The molecule has 1 spiro atoms. The largest absolute Gasteiger partial charge is 0.449 e. The molecule has 0 aromatic heterocycles. The van der Waals surface area contributed by atoms with E-state index >= 15 is 0 Å². The zero-order valence-electron chi connectivity index (χ0n) is 6.54. The Balaban J connectivity index is 2.15. The predicted octanol–water partition coefficient (Wildman–Crippen LogP) is 1.68. The second-order valence-corrected chi connectivity index (χ2v) is 3.09. The Hall–Kier alpha value is -1.28. The summed E-state index contributed by atoms with van der Waals surface area (Å²) in [5.41, 5.74) is 2.15. The van der Waals surface area contributed by atoms with Gasteiger partial charge in [0, 0.05) is 0 Å². The quantitative estimate of drug-likeness (QED) is 0.574. The van der Waals surface area contributed by atoms with Crippen LogP contribution in [-0.2, 0) is 9.47 Å². The summed E-state index contributed by atoms with van der Waals surface area (Å²) >= 11 is 0. The number of hydrogen-bond acceptors (Lipinski definition) is 2. The standard InChI is InChI=1S/C10H8O2/c1-3-6-5-8-10(11-8)9(12-10)7(6)4-2/h3-5,9H,1-2H2. The summed E-state index contributed by atoms with van der Waals surface area (Å²) in [7, 11) is 0. The third-order valence-electron chi connectivity index (χ3n) is 2.49. The average molecular weight is 160 g/mol. The lowest BCUT2D eigenvalue weighted by Gasteiger charge is -2.00. The van der Waals surface area contributed by atoms with Gasteiger partial charge in [0.2, 0.25) is 0 Å². The molecule has 0 aromatic carbocycles. The first-order valence-corrected chi connectivity index (χ1v) is 3.90. The molecule has 2 heteroatoms. The van der Waals surface area contributed by atoms with E-state index < -0.39 is 0 Å². The SMILES string of the molecule is C=CC1=C(C=C)C2OC23OC3=C1. The van der Waals surface area contributed by atoms with Crippen molar-refractivity contribution in [2.24, 2.45) is 0 Å². The summed E-state index contributed by atoms with van der Waals surface area (Å²) in [5.74, 6) is 0.587. The maximum atomic E-state index is 5.41. The van der Waals surface area contributed by atoms with Crippen LogP contribution in [0, 0.1) is 0 Å². The van der Waals surface area contributed by atoms with E-state index in [1.54, 1.807) is 6.08 Å². The fourth-order valence-electron chi connectivity index (χ4n) is 1.72. The van der Waals surface area contributed by atoms with Gasteiger partial charge in [-0.1, -0.05) is 25.3 Å². The summed E-state index contributed by atoms with van der Waals surface area (Å²) in [6.07, 6.45) is 5.67. The summed E-state index contributed by atoms with van der Waals surface area (Å²) in [4.78, 5) is 0. The van der Waals surface area contributed by atoms with Crippen molar-refractivity contribution in [3.63, 3.8) is 0 Å². The molecule has 3 rings (SSSR count). The fraction of sp³-hybridized carbons (Fsp3) is 0.200. The topological polar surface area (TPSA) is 25.1 Å². The van der Waals surface area contributed by atoms with Crippen LogP contribution in [-0.4, -0.2) is 11.9 Å². The van der Waals surface area contributed by atoms with Crippen LogP contribution in [0.3, 0.4) is 0 Å². The van der Waals surface area contributed by atoms with Crippen molar-refractivity contribution < 1.29 is 9.47 Å². The van der Waals surface area contributed by atoms with Gasteiger partial charge in [-0.05, 0) is 17.2 Å². The van der Waals surface area contributed by atoms with Gasteiger partial charge in [0.1, 0.15) is 0 Å². The van der Waals surface area contributed by atoms with Crippen LogP contribution in [0.25, 0.3) is 0 Å². The molecule has 2 nitrogen and oxygen atoms in total. The molecular weight excluding hydrogens is 152 g/mol. The monoisotopic (exact) mass is 160 g/mol. The molecule has 2 unspecified atom stereocenters. The Morgan fingerprint density at radius 2 is 2.25 bits per heavy atom. The molecule has 1 aliphatic carbocycles. The van der Waals surface area contributed by atoms with Gasteiger partial charge >= 0.3 is 5.79 Å². The van der Waals surface area contributed by atoms with Crippen LogP contribution in [0.4, 0.5) is 0 Å². The Kier molecular flexibility index (Phi) is 0.817. The smallest absolute Gasteiger partial charge is 0.301 e. The van der Waals surface area contributed by atoms with Crippen LogP contribution in [0.2, 0.25) is 0 Å². The molecule has 3 aliphatic rings. The van der Waals surface area contributed by atoms with Crippen LogP contribution in [0.5, 0.6) is 0 Å². The number of epoxide rings is 2. The first kappa shape index (κ1) is 6.26. The molecule has 0 aromatic rings. The molecule has 12 heavy (non-hydrogen) atoms. The van der Waals surface area contributed by atoms with Crippen LogP contribution in [0.1, 0.15) is 0 Å². The number of rotatable bonds is 2. The molecule has 2 heterocycles. The Bertz CT molecular complexity index is 362. The zero-order valence-corrected chi connectivity index (χ0v) is 6.54. The third-order valence-corrected chi connectivity index (χ3v) is 2.49. The van der Waals surface area contributed by atoms with Gasteiger partial charge < -0.3 is 9.47 Å². The Morgan fingerprint density at radius 1 is 1.42 bits per heavy atom. The predicted molar refractivity (Wildman–Crippen MR) is 44.2 cm³/mol. The van der Waals surface area contributed by atoms with E-state index in [1.807, 2.05) is 12.2 Å². The maximum absolute atomic E-state index is 5.41. The average Bonchev–Trinajstić information content (AvgIpc) is 2.91. The van der Waals surface area contributed by atoms with Crippen molar-refractivity contribution in [1.82, 2.24) is 0 Å². The highest BCUT2D eigenvalue weighted by Crippen LogP contribution is 2.64. The van der Waals surface area contributed by atoms with E-state index in [4.69, 9.17) is 9.47 Å². The van der Waals surface area contributed by atoms with E-state index in [0.29, 0.717) is 0 Å². The summed E-state index contributed by atoms with van der Waals surface area (Å²) in [6, 6.07) is 0. The van der Waals surface area contributed by atoms with Gasteiger partial charge in [0.25, 0.3) is 0 Å². The van der Waals surface area contributed by atoms with Crippen molar-refractivity contribution in [2.45, 2.75) is 11.9 Å². The van der Waals surface area contributed by atoms with Gasteiger partial charge in [-0.2, -0.15) is 0 Å². The van der Waals surface area contributed by atoms with Crippen molar-refractivity contribution in [3.05, 3.63) is 48.3 Å². The fourth-order valence-corrected chi connectivity index (χ4v) is 1.72. The molecule has 2 aliphatic heterocycles. The highest BCUT2D eigenvalue weighted by Gasteiger charge is 2.77. The summed E-state index contributed by atoms with van der Waals surface area (Å²) in [6.45, 7) is 7.46. The summed E-state index contributed by atoms with van der Waals surface area (Å²) < 4.78 is 10.7. The molecule has 0 N–H and O–H groups in total. The van der Waals surface area contributed by atoms with E-state index in [-0.39, 0.29) is 11.9 Å². The molecule has 60 valence electrons. The highest BCUT2D eigenvalue weighted by atomic mass is 16.9. The number of ether oxygens (including phenoxy) is 2. The minimum atomic E-state index is -0.351. The van der Waals surface area contributed by atoms with Gasteiger partial charge in [0.15, 0.2) is 11.9 Å². The lowest BCUT2D eigenvalue weighted by atomic mass is 9.98. The third kappa shape index (κ3) is 0.485. The molecular formula is C10H8O2. The first-order chi connectivity index (χ1) is 5.81. The minimum Gasteiger partial charge on any atom is -0.449 e. The van der Waals surface area contributed by atoms with Crippen molar-refractivity contribution >= 4 is 0 Å². The van der Waals surface area contributed by atoms with Crippen LogP contribution >= 0.6 is 0 Å². The Morgan fingerprint density at radius 3 is 2.92 bits per heavy atom. The molecule has 0 saturated carbocycles. The molecule has 2 saturated heterocycles. The lowest BCUT2D eigenvalue weighted by Crippen LogP contribution is -2.02. The van der Waals surface area contributed by atoms with Crippen LogP contribution in [0.15, 0.2) is 48.3 Å². The second kappa shape index (κ2) is 1.57. The molecule has 2 fully saturated rings. The van der Waals surface area contributed by atoms with E-state index in [9.17, 15) is 0 Å². The maximum Gasteiger partial charge on any atom is 0.301 e. The van der Waals surface area contributed by atoms with Crippen molar-refractivity contribution in [1.29, 1.82) is 0 Å². The van der Waals surface area contributed by atoms with E-state index in [2.05, 4.69) is 13.2 Å². The Labute approximate surface area is 70.5 Å². The van der Waals surface area contributed by atoms with E-state index in [0.717, 1.165) is 16.9 Å². The van der Waals surface area contributed by atoms with Gasteiger partial charge in [-0.25, -0.2) is 0 Å². The lowest BCUT2D eigenvalue weighted by molar-refractivity contribution is 0.255. The normalized spacial score (nSPS) is 40.3. The molecule has 0 radical (unpaired) electrons. The number of hydrogen-bond donors (Lipinski definition) is 0. The summed E-state index contributed by atoms with van der Waals surface area (Å²) in [5, 5.41) is 0. The highest BCUT2D eigenvalue weighted by molar-refractivity contribution is 5.57. The molecule has 0 bridgehead atoms. The number of allylic oxidation sites excluding steroid dienone is 3. The van der Waals surface area contributed by atoms with E-state index in [1.165, 1.54) is 0 Å². The zero-order chi connectivity index (χ0) is 8.34. The minimum absolute atomic E-state index is 0.0861. The second-order valence-electron chi connectivity index (χ2n) is 3.09.